The first-order chi connectivity index (χ1) is 9.91. The fourth-order valence-electron chi connectivity index (χ4n) is 1.67. The van der Waals surface area contributed by atoms with Crippen molar-refractivity contribution in [3.63, 3.8) is 0 Å². The van der Waals surface area contributed by atoms with Crippen molar-refractivity contribution in [2.24, 2.45) is 11.5 Å². The van der Waals surface area contributed by atoms with Crippen LogP contribution in [0.1, 0.15) is 24.8 Å². The van der Waals surface area contributed by atoms with Crippen LogP contribution in [0.25, 0.3) is 0 Å². The Morgan fingerprint density at radius 1 is 1.19 bits per heavy atom. The molecule has 6 nitrogen and oxygen atoms in total. The highest BCUT2D eigenvalue weighted by atomic mass is 35.5. The monoisotopic (exact) mass is 314 g/mol. The second kappa shape index (κ2) is 8.61. The van der Waals surface area contributed by atoms with E-state index < -0.39 is 24.0 Å². The van der Waals surface area contributed by atoms with Gasteiger partial charge >= 0.3 is 11.9 Å². The minimum Gasteiger partial charge on any atom is -0.480 e. The normalized spacial score (nSPS) is 13.5. The van der Waals surface area contributed by atoms with E-state index in [1.54, 1.807) is 24.3 Å². The molecule has 0 aliphatic rings. The first-order valence-corrected chi connectivity index (χ1v) is 6.93. The van der Waals surface area contributed by atoms with Crippen molar-refractivity contribution >= 4 is 23.5 Å². The Labute approximate surface area is 128 Å². The molecule has 7 heteroatoms. The number of carbonyl (C=O) groups excluding carboxylic acids is 1. The second-order valence-corrected chi connectivity index (χ2v) is 5.09. The molecular formula is C14H19ClN2O4. The van der Waals surface area contributed by atoms with Crippen molar-refractivity contribution < 1.29 is 19.4 Å². The number of benzene rings is 1. The van der Waals surface area contributed by atoms with Gasteiger partial charge in [0.25, 0.3) is 0 Å². The van der Waals surface area contributed by atoms with E-state index >= 15 is 0 Å². The smallest absolute Gasteiger partial charge is 0.323 e. The molecule has 21 heavy (non-hydrogen) atoms. The molecule has 0 saturated heterocycles. The average Bonchev–Trinajstić information content (AvgIpc) is 2.45. The molecule has 0 bridgehead atoms. The SMILES string of the molecule is NC(CCC[C@H](N)C(=O)O)C(=O)OCc1ccccc1Cl. The predicted molar refractivity (Wildman–Crippen MR) is 78.7 cm³/mol. The van der Waals surface area contributed by atoms with E-state index in [0.717, 1.165) is 0 Å². The van der Waals surface area contributed by atoms with Crippen LogP contribution in [0.2, 0.25) is 5.02 Å². The van der Waals surface area contributed by atoms with Crippen LogP contribution in [0.4, 0.5) is 0 Å². The van der Waals surface area contributed by atoms with E-state index in [9.17, 15) is 9.59 Å². The number of hydrogen-bond acceptors (Lipinski definition) is 5. The molecule has 1 unspecified atom stereocenters. The first kappa shape index (κ1) is 17.4. The standard InChI is InChI=1S/C14H19ClN2O4/c15-10-5-2-1-4-9(10)8-21-14(20)12(17)7-3-6-11(16)13(18)19/h1-2,4-5,11-12H,3,6-8,16-17H2,(H,18,19)/t11-,12?/m0/s1. The maximum absolute atomic E-state index is 11.7. The Morgan fingerprint density at radius 2 is 1.81 bits per heavy atom. The van der Waals surface area contributed by atoms with Crippen LogP contribution < -0.4 is 11.5 Å². The van der Waals surface area contributed by atoms with Gasteiger partial charge in [-0.1, -0.05) is 29.8 Å². The van der Waals surface area contributed by atoms with E-state index in [-0.39, 0.29) is 13.0 Å². The number of carboxylic acid groups (broad SMARTS) is 1. The fraction of sp³-hybridized carbons (Fsp3) is 0.429. The third-order valence-corrected chi connectivity index (χ3v) is 3.35. The molecule has 0 saturated carbocycles. The summed E-state index contributed by atoms with van der Waals surface area (Å²) >= 11 is 5.94. The largest absolute Gasteiger partial charge is 0.480 e. The van der Waals surface area contributed by atoms with Gasteiger partial charge in [-0.3, -0.25) is 9.59 Å². The molecule has 0 aromatic heterocycles. The zero-order valence-corrected chi connectivity index (χ0v) is 12.3. The van der Waals surface area contributed by atoms with Gasteiger partial charge < -0.3 is 21.3 Å². The number of aliphatic carboxylic acids is 1. The quantitative estimate of drug-likeness (QED) is 0.623. The second-order valence-electron chi connectivity index (χ2n) is 4.68. The third kappa shape index (κ3) is 6.12. The van der Waals surface area contributed by atoms with Gasteiger partial charge in [-0.05, 0) is 25.3 Å². The Kier molecular flexibility index (Phi) is 7.14. The molecule has 0 amide bonds. The molecule has 1 aromatic carbocycles. The van der Waals surface area contributed by atoms with Gasteiger partial charge in [0.15, 0.2) is 0 Å². The zero-order valence-electron chi connectivity index (χ0n) is 11.5. The van der Waals surface area contributed by atoms with Gasteiger partial charge in [-0.15, -0.1) is 0 Å². The summed E-state index contributed by atoms with van der Waals surface area (Å²) in [5, 5.41) is 9.15. The molecule has 1 rings (SSSR count). The molecule has 2 atom stereocenters. The van der Waals surface area contributed by atoms with Crippen LogP contribution in [0.5, 0.6) is 0 Å². The minimum absolute atomic E-state index is 0.0564. The number of halogens is 1. The third-order valence-electron chi connectivity index (χ3n) is 2.98. The highest BCUT2D eigenvalue weighted by Gasteiger charge is 2.17. The molecule has 0 radical (unpaired) electrons. The Balaban J connectivity index is 2.31. The first-order valence-electron chi connectivity index (χ1n) is 6.56. The molecule has 0 fully saturated rings. The molecule has 0 aliphatic carbocycles. The van der Waals surface area contributed by atoms with Gasteiger partial charge in [-0.2, -0.15) is 0 Å². The molecule has 0 spiro atoms. The number of hydrogen-bond donors (Lipinski definition) is 3. The Hall–Kier alpha value is -1.63. The van der Waals surface area contributed by atoms with Gasteiger partial charge in [0, 0.05) is 10.6 Å². The molecular weight excluding hydrogens is 296 g/mol. The number of ether oxygens (including phenoxy) is 1. The molecule has 116 valence electrons. The summed E-state index contributed by atoms with van der Waals surface area (Å²) in [6.45, 7) is 0.0564. The van der Waals surface area contributed by atoms with Crippen LogP contribution in [-0.2, 0) is 20.9 Å². The molecule has 0 heterocycles. The summed E-state index contributed by atoms with van der Waals surface area (Å²) in [7, 11) is 0. The number of esters is 1. The van der Waals surface area contributed by atoms with E-state index in [4.69, 9.17) is 32.9 Å². The van der Waals surface area contributed by atoms with Crippen LogP contribution in [0.15, 0.2) is 24.3 Å². The van der Waals surface area contributed by atoms with Gasteiger partial charge in [0.2, 0.25) is 0 Å². The maximum atomic E-state index is 11.7. The Bertz CT molecular complexity index is 496. The van der Waals surface area contributed by atoms with Crippen molar-refractivity contribution in [2.45, 2.75) is 38.0 Å². The molecule has 5 N–H and O–H groups in total. The van der Waals surface area contributed by atoms with Gasteiger partial charge in [0.05, 0.1) is 0 Å². The highest BCUT2D eigenvalue weighted by molar-refractivity contribution is 6.31. The van der Waals surface area contributed by atoms with Crippen LogP contribution in [0, 0.1) is 0 Å². The highest BCUT2D eigenvalue weighted by Crippen LogP contribution is 2.16. The van der Waals surface area contributed by atoms with Crippen LogP contribution >= 0.6 is 11.6 Å². The summed E-state index contributed by atoms with van der Waals surface area (Å²) in [5.74, 6) is -1.61. The lowest BCUT2D eigenvalue weighted by Gasteiger charge is -2.13. The number of carbonyl (C=O) groups is 2. The topological polar surface area (TPSA) is 116 Å². The lowest BCUT2D eigenvalue weighted by atomic mass is 10.1. The van der Waals surface area contributed by atoms with Crippen molar-refractivity contribution in [3.8, 4) is 0 Å². The van der Waals surface area contributed by atoms with E-state index in [1.165, 1.54) is 0 Å². The van der Waals surface area contributed by atoms with Crippen molar-refractivity contribution in [1.82, 2.24) is 0 Å². The summed E-state index contributed by atoms with van der Waals surface area (Å²) < 4.78 is 5.08. The number of nitrogens with two attached hydrogens (primary N) is 2. The van der Waals surface area contributed by atoms with Crippen LogP contribution in [-0.4, -0.2) is 29.1 Å². The zero-order chi connectivity index (χ0) is 15.8. The van der Waals surface area contributed by atoms with E-state index in [1.807, 2.05) is 0 Å². The summed E-state index contributed by atoms with van der Waals surface area (Å²) in [5.41, 5.74) is 11.7. The van der Waals surface area contributed by atoms with Gasteiger partial charge in [-0.25, -0.2) is 0 Å². The summed E-state index contributed by atoms with van der Waals surface area (Å²) in [6, 6.07) is 5.31. The average molecular weight is 315 g/mol. The molecule has 1 aromatic rings. The van der Waals surface area contributed by atoms with E-state index in [2.05, 4.69) is 0 Å². The number of carboxylic acids is 1. The van der Waals surface area contributed by atoms with Crippen molar-refractivity contribution in [3.05, 3.63) is 34.9 Å². The lowest BCUT2D eigenvalue weighted by Crippen LogP contribution is -2.34. The lowest BCUT2D eigenvalue weighted by molar-refractivity contribution is -0.146. The Morgan fingerprint density at radius 3 is 2.43 bits per heavy atom. The van der Waals surface area contributed by atoms with Gasteiger partial charge in [0.1, 0.15) is 18.7 Å². The molecule has 0 aliphatic heterocycles. The maximum Gasteiger partial charge on any atom is 0.323 e. The predicted octanol–water partition coefficient (Wildman–Crippen LogP) is 1.29. The fourth-order valence-corrected chi connectivity index (χ4v) is 1.86. The van der Waals surface area contributed by atoms with Crippen LogP contribution in [0.3, 0.4) is 0 Å². The number of rotatable bonds is 8. The van der Waals surface area contributed by atoms with E-state index in [0.29, 0.717) is 23.4 Å². The van der Waals surface area contributed by atoms with Crippen molar-refractivity contribution in [1.29, 1.82) is 0 Å². The summed E-state index contributed by atoms with van der Waals surface area (Å²) in [6.07, 6.45) is 1.03. The minimum atomic E-state index is -1.06. The van der Waals surface area contributed by atoms with Crippen molar-refractivity contribution in [2.75, 3.05) is 0 Å². The summed E-state index contributed by atoms with van der Waals surface area (Å²) in [4.78, 5) is 22.2.